The average Bonchev–Trinajstić information content (AvgIpc) is 2.41. The van der Waals surface area contributed by atoms with Crippen LogP contribution in [0, 0.1) is 6.92 Å². The fraction of sp³-hybridized carbons (Fsp3) is 0.200. The van der Waals surface area contributed by atoms with Gasteiger partial charge in [-0.2, -0.15) is 4.57 Å². The minimum Gasteiger partial charge on any atom is -1.00 e. The third kappa shape index (κ3) is 4.17. The molecule has 0 aliphatic rings. The van der Waals surface area contributed by atoms with Gasteiger partial charge in [0, 0.05) is 17.7 Å². The topological polar surface area (TPSA) is 30.2 Å². The number of ketones is 1. The van der Waals surface area contributed by atoms with Crippen LogP contribution in [0.4, 0.5) is 0 Å². The van der Waals surface area contributed by atoms with Crippen molar-refractivity contribution in [2.75, 3.05) is 7.11 Å². The van der Waals surface area contributed by atoms with E-state index in [0.717, 1.165) is 0 Å². The van der Waals surface area contributed by atoms with Crippen LogP contribution in [0.2, 0.25) is 0 Å². The summed E-state index contributed by atoms with van der Waals surface area (Å²) >= 11 is 0. The Morgan fingerprint density at radius 1 is 1.21 bits per heavy atom. The van der Waals surface area contributed by atoms with Gasteiger partial charge in [0.2, 0.25) is 12.3 Å². The number of halogens is 1. The molecular formula is C15H16BrNO2. The third-order valence-corrected chi connectivity index (χ3v) is 2.78. The van der Waals surface area contributed by atoms with Gasteiger partial charge in [-0.1, -0.05) is 12.1 Å². The summed E-state index contributed by atoms with van der Waals surface area (Å²) in [6, 6.07) is 11.2. The molecule has 0 radical (unpaired) electrons. The number of aryl methyl sites for hydroxylation is 1. The SMILES string of the molecule is COc1cccc(C(=O)C[n+]2ccc(C)cc2)c1.[Br-]. The highest BCUT2D eigenvalue weighted by atomic mass is 79.9. The smallest absolute Gasteiger partial charge is 0.227 e. The lowest BCUT2D eigenvalue weighted by atomic mass is 10.1. The summed E-state index contributed by atoms with van der Waals surface area (Å²) in [4.78, 5) is 12.1. The number of Topliss-reactive ketones (excluding diaryl/α,β-unsaturated/α-hetero) is 1. The van der Waals surface area contributed by atoms with E-state index in [9.17, 15) is 4.79 Å². The van der Waals surface area contributed by atoms with Crippen molar-refractivity contribution in [3.63, 3.8) is 0 Å². The second kappa shape index (κ2) is 7.04. The van der Waals surface area contributed by atoms with Crippen LogP contribution in [0.15, 0.2) is 48.8 Å². The Labute approximate surface area is 123 Å². The molecule has 19 heavy (non-hydrogen) atoms. The zero-order valence-electron chi connectivity index (χ0n) is 11.0. The van der Waals surface area contributed by atoms with E-state index in [4.69, 9.17) is 4.74 Å². The van der Waals surface area contributed by atoms with Crippen LogP contribution in [0.25, 0.3) is 0 Å². The van der Waals surface area contributed by atoms with Gasteiger partial charge < -0.3 is 21.7 Å². The number of methoxy groups -OCH3 is 1. The van der Waals surface area contributed by atoms with Crippen LogP contribution in [-0.4, -0.2) is 12.9 Å². The highest BCUT2D eigenvalue weighted by Crippen LogP contribution is 2.12. The number of pyridine rings is 1. The van der Waals surface area contributed by atoms with E-state index in [2.05, 4.69) is 0 Å². The molecule has 2 aromatic rings. The van der Waals surface area contributed by atoms with Crippen LogP contribution in [0.5, 0.6) is 5.75 Å². The molecule has 0 spiro atoms. The molecule has 0 aliphatic carbocycles. The first-order valence-electron chi connectivity index (χ1n) is 5.82. The Balaban J connectivity index is 0.00000180. The summed E-state index contributed by atoms with van der Waals surface area (Å²) in [5, 5.41) is 0. The average molecular weight is 322 g/mol. The minimum atomic E-state index is 0. The largest absolute Gasteiger partial charge is 1.00 e. The Morgan fingerprint density at radius 3 is 2.53 bits per heavy atom. The van der Waals surface area contributed by atoms with Gasteiger partial charge in [-0.25, -0.2) is 0 Å². The lowest BCUT2D eigenvalue weighted by molar-refractivity contribution is -0.683. The number of carbonyl (C=O) groups excluding carboxylic acids is 1. The Bertz CT molecular complexity index is 552. The molecule has 0 aliphatic heterocycles. The first-order valence-corrected chi connectivity index (χ1v) is 5.82. The van der Waals surface area contributed by atoms with E-state index in [1.54, 1.807) is 19.2 Å². The van der Waals surface area contributed by atoms with Gasteiger partial charge in [-0.05, 0) is 24.6 Å². The standard InChI is InChI=1S/C15H16NO2.BrH/c1-12-6-8-16(9-7-12)11-15(17)13-4-3-5-14(10-13)18-2;/h3-10H,11H2,1-2H3;1H/q+1;/p-1. The highest BCUT2D eigenvalue weighted by Gasteiger charge is 2.12. The van der Waals surface area contributed by atoms with Crippen molar-refractivity contribution in [2.24, 2.45) is 0 Å². The molecule has 0 saturated heterocycles. The summed E-state index contributed by atoms with van der Waals surface area (Å²) in [5.41, 5.74) is 1.85. The molecule has 0 unspecified atom stereocenters. The van der Waals surface area contributed by atoms with Crippen LogP contribution in [0.1, 0.15) is 15.9 Å². The number of benzene rings is 1. The van der Waals surface area contributed by atoms with Crippen molar-refractivity contribution in [3.8, 4) is 5.75 Å². The molecule has 3 nitrogen and oxygen atoms in total. The summed E-state index contributed by atoms with van der Waals surface area (Å²) in [6.45, 7) is 2.36. The Kier molecular flexibility index (Phi) is 5.70. The summed E-state index contributed by atoms with van der Waals surface area (Å²) < 4.78 is 6.98. The second-order valence-electron chi connectivity index (χ2n) is 4.20. The predicted molar refractivity (Wildman–Crippen MR) is 68.7 cm³/mol. The van der Waals surface area contributed by atoms with Gasteiger partial charge >= 0.3 is 0 Å². The van der Waals surface area contributed by atoms with Crippen molar-refractivity contribution in [3.05, 3.63) is 59.9 Å². The van der Waals surface area contributed by atoms with Crippen LogP contribution >= 0.6 is 0 Å². The van der Waals surface area contributed by atoms with Crippen molar-refractivity contribution in [1.82, 2.24) is 0 Å². The number of carbonyl (C=O) groups is 1. The first-order chi connectivity index (χ1) is 8.69. The molecule has 0 bridgehead atoms. The third-order valence-electron chi connectivity index (χ3n) is 2.78. The number of hydrogen-bond donors (Lipinski definition) is 0. The molecule has 1 heterocycles. The predicted octanol–water partition coefficient (Wildman–Crippen LogP) is -0.822. The Hall–Kier alpha value is -1.68. The monoisotopic (exact) mass is 321 g/mol. The number of rotatable bonds is 4. The van der Waals surface area contributed by atoms with Crippen molar-refractivity contribution >= 4 is 5.78 Å². The molecule has 0 fully saturated rings. The van der Waals surface area contributed by atoms with Crippen molar-refractivity contribution in [1.29, 1.82) is 0 Å². The van der Waals surface area contributed by atoms with Gasteiger partial charge in [0.15, 0.2) is 12.4 Å². The number of ether oxygens (including phenoxy) is 1. The van der Waals surface area contributed by atoms with E-state index in [1.165, 1.54) is 5.56 Å². The number of hydrogen-bond acceptors (Lipinski definition) is 2. The molecule has 0 N–H and O–H groups in total. The molecule has 0 saturated carbocycles. The lowest BCUT2D eigenvalue weighted by Gasteiger charge is -2.02. The van der Waals surface area contributed by atoms with E-state index < -0.39 is 0 Å². The van der Waals surface area contributed by atoms with Gasteiger partial charge in [0.05, 0.1) is 7.11 Å². The fourth-order valence-corrected chi connectivity index (χ4v) is 1.69. The molecule has 100 valence electrons. The summed E-state index contributed by atoms with van der Waals surface area (Å²) in [5.74, 6) is 0.775. The molecule has 0 atom stereocenters. The number of aromatic nitrogens is 1. The fourth-order valence-electron chi connectivity index (χ4n) is 1.69. The zero-order valence-corrected chi connectivity index (χ0v) is 12.6. The molecule has 4 heteroatoms. The van der Waals surface area contributed by atoms with Crippen LogP contribution in [-0.2, 0) is 6.54 Å². The molecule has 0 amide bonds. The normalized spacial score (nSPS) is 9.58. The lowest BCUT2D eigenvalue weighted by Crippen LogP contribution is -3.00. The first kappa shape index (κ1) is 15.4. The van der Waals surface area contributed by atoms with E-state index in [1.807, 2.05) is 48.1 Å². The van der Waals surface area contributed by atoms with Crippen molar-refractivity contribution in [2.45, 2.75) is 13.5 Å². The van der Waals surface area contributed by atoms with Gasteiger partial charge in [0.25, 0.3) is 0 Å². The molecule has 2 rings (SSSR count). The molecule has 1 aromatic heterocycles. The van der Waals surface area contributed by atoms with Crippen LogP contribution in [0.3, 0.4) is 0 Å². The van der Waals surface area contributed by atoms with E-state index in [-0.39, 0.29) is 22.8 Å². The maximum absolute atomic E-state index is 12.1. The van der Waals surface area contributed by atoms with Crippen LogP contribution < -0.4 is 26.3 Å². The van der Waals surface area contributed by atoms with Gasteiger partial charge in [0.1, 0.15) is 5.75 Å². The molecule has 1 aromatic carbocycles. The summed E-state index contributed by atoms with van der Waals surface area (Å²) in [6.07, 6.45) is 3.82. The highest BCUT2D eigenvalue weighted by molar-refractivity contribution is 5.95. The maximum Gasteiger partial charge on any atom is 0.227 e. The maximum atomic E-state index is 12.1. The molecular weight excluding hydrogens is 306 g/mol. The van der Waals surface area contributed by atoms with Crippen molar-refractivity contribution < 1.29 is 31.1 Å². The summed E-state index contributed by atoms with van der Waals surface area (Å²) in [7, 11) is 1.60. The van der Waals surface area contributed by atoms with E-state index in [0.29, 0.717) is 17.9 Å². The quantitative estimate of drug-likeness (QED) is 0.544. The second-order valence-corrected chi connectivity index (χ2v) is 4.20. The number of nitrogens with zero attached hydrogens (tertiary/aromatic N) is 1. The zero-order chi connectivity index (χ0) is 13.0. The van der Waals surface area contributed by atoms with E-state index >= 15 is 0 Å². The minimum absolute atomic E-state index is 0. The van der Waals surface area contributed by atoms with Gasteiger partial charge in [-0.15, -0.1) is 0 Å². The van der Waals surface area contributed by atoms with Gasteiger partial charge in [-0.3, -0.25) is 4.79 Å². The Morgan fingerprint density at radius 2 is 1.89 bits per heavy atom.